The molecule has 0 radical (unpaired) electrons. The van der Waals surface area contributed by atoms with Crippen molar-refractivity contribution in [3.63, 3.8) is 0 Å². The molecule has 0 spiro atoms. The van der Waals surface area contributed by atoms with Crippen LogP contribution in [0.2, 0.25) is 0 Å². The van der Waals surface area contributed by atoms with Gasteiger partial charge in [-0.2, -0.15) is 5.10 Å². The standard InChI is InChI=1S/C43H51F2N9O7/c1-25(2)46-42(60)61-31-9-5-28(19-31)34-21-36(50-49-34)47-38(56)27-3-6-29(7-4-27)53-18-17-51(23-43(44,45)24-53)22-26-13-15-52(16-14-26)30-8-10-32-33(20-30)41(59)54(40(32)58)35-11-12-37(55)48-39(35)57/h3-4,6-8,10,20-21,25-26,28,31,35H,5,9,11-19,22-24H2,1-2H3,(H,46,60)(H,48,55,57)(H2,47,49,50,56)/t28-,31+,35?/m1/s1. The van der Waals surface area contributed by atoms with E-state index in [1.54, 1.807) is 53.4 Å². The molecule has 0 bridgehead atoms. The van der Waals surface area contributed by atoms with Gasteiger partial charge in [-0.1, -0.05) is 0 Å². The predicted molar refractivity (Wildman–Crippen MR) is 220 cm³/mol. The molecule has 18 heteroatoms. The van der Waals surface area contributed by atoms with Crippen LogP contribution in [0.4, 0.5) is 30.8 Å². The average Bonchev–Trinajstić information content (AvgIpc) is 3.91. The quantitative estimate of drug-likeness (QED) is 0.210. The molecule has 5 aliphatic rings. The maximum Gasteiger partial charge on any atom is 0.407 e. The molecular weight excluding hydrogens is 793 g/mol. The Morgan fingerprint density at radius 3 is 2.34 bits per heavy atom. The van der Waals surface area contributed by atoms with Crippen molar-refractivity contribution < 1.29 is 42.3 Å². The van der Waals surface area contributed by atoms with Crippen LogP contribution in [0.3, 0.4) is 0 Å². The van der Waals surface area contributed by atoms with Crippen LogP contribution >= 0.6 is 0 Å². The van der Waals surface area contributed by atoms with Crippen molar-refractivity contribution in [1.29, 1.82) is 0 Å². The number of H-pyrrole nitrogens is 1. The van der Waals surface area contributed by atoms with Crippen LogP contribution in [-0.2, 0) is 14.3 Å². The van der Waals surface area contributed by atoms with Gasteiger partial charge in [0.25, 0.3) is 23.6 Å². The van der Waals surface area contributed by atoms with E-state index in [4.69, 9.17) is 4.74 Å². The number of fused-ring (bicyclic) bond motifs is 1. The normalized spacial score (nSPS) is 23.6. The summed E-state index contributed by atoms with van der Waals surface area (Å²) in [6.45, 7) is 5.59. The van der Waals surface area contributed by atoms with Gasteiger partial charge in [-0.25, -0.2) is 13.6 Å². The Bertz CT molecular complexity index is 2190. The summed E-state index contributed by atoms with van der Waals surface area (Å²) in [6, 6.07) is 12.4. The molecule has 3 saturated heterocycles. The number of alkyl carbamates (subject to hydrolysis) is 1. The van der Waals surface area contributed by atoms with Crippen LogP contribution in [0, 0.1) is 5.92 Å². The lowest BCUT2D eigenvalue weighted by atomic mass is 9.95. The van der Waals surface area contributed by atoms with Gasteiger partial charge < -0.3 is 25.2 Å². The second kappa shape index (κ2) is 17.2. The lowest BCUT2D eigenvalue weighted by molar-refractivity contribution is -0.136. The zero-order valence-electron chi connectivity index (χ0n) is 34.3. The molecule has 1 saturated carbocycles. The second-order valence-electron chi connectivity index (χ2n) is 17.2. The molecule has 61 heavy (non-hydrogen) atoms. The number of amides is 6. The minimum atomic E-state index is -2.97. The number of hydrogen-bond acceptors (Lipinski definition) is 11. The maximum absolute atomic E-state index is 15.4. The second-order valence-corrected chi connectivity index (χ2v) is 17.2. The number of halogens is 2. The van der Waals surface area contributed by atoms with Crippen LogP contribution < -0.4 is 25.8 Å². The fraction of sp³-hybridized carbons (Fsp3) is 0.512. The van der Waals surface area contributed by atoms with Gasteiger partial charge >= 0.3 is 6.09 Å². The molecule has 324 valence electrons. The highest BCUT2D eigenvalue weighted by Crippen LogP contribution is 2.37. The minimum Gasteiger partial charge on any atom is -0.446 e. The first-order chi connectivity index (χ1) is 29.2. The van der Waals surface area contributed by atoms with E-state index in [-0.39, 0.29) is 60.4 Å². The van der Waals surface area contributed by atoms with Crippen LogP contribution in [0.15, 0.2) is 48.5 Å². The Kier molecular flexibility index (Phi) is 11.8. The lowest BCUT2D eigenvalue weighted by Gasteiger charge is -2.36. The van der Waals surface area contributed by atoms with Crippen molar-refractivity contribution in [2.45, 2.75) is 88.8 Å². The summed E-state index contributed by atoms with van der Waals surface area (Å²) in [7, 11) is 0. The number of piperidine rings is 2. The first kappa shape index (κ1) is 41.8. The zero-order valence-corrected chi connectivity index (χ0v) is 34.3. The number of alkyl halides is 2. The fourth-order valence-electron chi connectivity index (χ4n) is 9.22. The van der Waals surface area contributed by atoms with Gasteiger partial charge in [-0.05, 0) is 101 Å². The van der Waals surface area contributed by atoms with Crippen LogP contribution in [0.25, 0.3) is 0 Å². The average molecular weight is 844 g/mol. The number of imide groups is 2. The number of aromatic nitrogens is 2. The van der Waals surface area contributed by atoms with Crippen LogP contribution in [0.1, 0.15) is 101 Å². The third kappa shape index (κ3) is 9.38. The molecule has 4 N–H and O–H groups in total. The molecule has 6 amide bonds. The van der Waals surface area contributed by atoms with E-state index in [0.717, 1.165) is 42.0 Å². The Balaban J connectivity index is 0.806. The minimum absolute atomic E-state index is 0.0114. The summed E-state index contributed by atoms with van der Waals surface area (Å²) in [6.07, 6.45) is 3.23. The third-order valence-corrected chi connectivity index (χ3v) is 12.3. The fourth-order valence-corrected chi connectivity index (χ4v) is 9.22. The first-order valence-electron chi connectivity index (χ1n) is 21.1. The summed E-state index contributed by atoms with van der Waals surface area (Å²) in [5, 5.41) is 15.0. The van der Waals surface area contributed by atoms with Gasteiger partial charge in [0.05, 0.1) is 24.2 Å². The highest BCUT2D eigenvalue weighted by molar-refractivity contribution is 6.23. The van der Waals surface area contributed by atoms with Gasteiger partial charge in [-0.15, -0.1) is 0 Å². The number of carbonyl (C=O) groups is 6. The molecule has 4 aliphatic heterocycles. The highest BCUT2D eigenvalue weighted by Gasteiger charge is 2.45. The molecule has 1 aliphatic carbocycles. The summed E-state index contributed by atoms with van der Waals surface area (Å²) < 4.78 is 36.4. The summed E-state index contributed by atoms with van der Waals surface area (Å²) in [5.74, 6) is -4.87. The Labute approximate surface area is 351 Å². The number of aromatic amines is 1. The van der Waals surface area contributed by atoms with Crippen LogP contribution in [0.5, 0.6) is 0 Å². The molecule has 3 atom stereocenters. The number of nitrogens with zero attached hydrogens (tertiary/aromatic N) is 5. The summed E-state index contributed by atoms with van der Waals surface area (Å²) in [5.41, 5.74) is 3.03. The number of ether oxygens (including phenoxy) is 1. The van der Waals surface area contributed by atoms with Gasteiger partial charge in [0.1, 0.15) is 12.1 Å². The van der Waals surface area contributed by atoms with Gasteiger partial charge in [-0.3, -0.25) is 44.2 Å². The lowest BCUT2D eigenvalue weighted by Crippen LogP contribution is -2.54. The first-order valence-corrected chi connectivity index (χ1v) is 21.1. The van der Waals surface area contributed by atoms with E-state index in [9.17, 15) is 28.8 Å². The van der Waals surface area contributed by atoms with Crippen molar-refractivity contribution in [1.82, 2.24) is 30.6 Å². The molecule has 2 aromatic carbocycles. The Morgan fingerprint density at radius 1 is 0.869 bits per heavy atom. The van der Waals surface area contributed by atoms with Crippen molar-refractivity contribution in [2.24, 2.45) is 5.92 Å². The van der Waals surface area contributed by atoms with E-state index in [1.807, 2.05) is 18.7 Å². The molecule has 5 heterocycles. The predicted octanol–water partition coefficient (Wildman–Crippen LogP) is 4.51. The molecule has 4 fully saturated rings. The zero-order chi connectivity index (χ0) is 43.0. The van der Waals surface area contributed by atoms with Crippen molar-refractivity contribution in [2.75, 3.05) is 60.9 Å². The molecule has 8 rings (SSSR count). The summed E-state index contributed by atoms with van der Waals surface area (Å²) in [4.78, 5) is 82.2. The number of anilines is 3. The number of rotatable bonds is 10. The highest BCUT2D eigenvalue weighted by atomic mass is 19.3. The van der Waals surface area contributed by atoms with Gasteiger partial charge in [0.15, 0.2) is 5.82 Å². The topological polar surface area (TPSA) is 189 Å². The van der Waals surface area contributed by atoms with Crippen LogP contribution in [-0.4, -0.2) is 126 Å². The maximum atomic E-state index is 15.4. The summed E-state index contributed by atoms with van der Waals surface area (Å²) >= 11 is 0. The molecule has 3 aromatic rings. The number of carbonyl (C=O) groups excluding carboxylic acids is 6. The van der Waals surface area contributed by atoms with E-state index < -0.39 is 48.2 Å². The van der Waals surface area contributed by atoms with Crippen molar-refractivity contribution in [3.8, 4) is 0 Å². The van der Waals surface area contributed by atoms with E-state index >= 15 is 8.78 Å². The van der Waals surface area contributed by atoms with Gasteiger partial charge in [0.2, 0.25) is 11.8 Å². The smallest absolute Gasteiger partial charge is 0.407 e. The van der Waals surface area contributed by atoms with E-state index in [1.165, 1.54) is 0 Å². The molecule has 16 nitrogen and oxygen atoms in total. The number of nitrogens with one attached hydrogen (secondary N) is 4. The molecule has 1 unspecified atom stereocenters. The molecular formula is C43H51F2N9O7. The largest absolute Gasteiger partial charge is 0.446 e. The Morgan fingerprint density at radius 2 is 1.61 bits per heavy atom. The monoisotopic (exact) mass is 843 g/mol. The third-order valence-electron chi connectivity index (χ3n) is 12.3. The number of hydrogen-bond donors (Lipinski definition) is 4. The van der Waals surface area contributed by atoms with Gasteiger partial charge in [0, 0.05) is 79.8 Å². The molecule has 1 aromatic heterocycles. The van der Waals surface area contributed by atoms with Crippen molar-refractivity contribution in [3.05, 3.63) is 70.9 Å². The number of benzene rings is 2. The van der Waals surface area contributed by atoms with E-state index in [0.29, 0.717) is 56.2 Å². The Hall–Kier alpha value is -5.91. The van der Waals surface area contributed by atoms with E-state index in [2.05, 4.69) is 31.0 Å². The SMILES string of the molecule is CC(C)NC(=O)O[C@H]1CC[C@@H](c2cc(NC(=O)c3ccc(N4CCN(CC5CCN(c6ccc7c(c6)C(=O)N(C6CCC(=O)NC6=O)C7=O)CC5)CC(F)(F)C4)cc3)n[nH]2)C1. The van der Waals surface area contributed by atoms with Crippen molar-refractivity contribution >= 4 is 52.8 Å².